The highest BCUT2D eigenvalue weighted by atomic mass is 16.6. The lowest BCUT2D eigenvalue weighted by Crippen LogP contribution is -2.50. The van der Waals surface area contributed by atoms with Crippen LogP contribution >= 0.6 is 0 Å². The molecule has 3 aliphatic carbocycles. The van der Waals surface area contributed by atoms with E-state index in [-0.39, 0.29) is 23.8 Å². The van der Waals surface area contributed by atoms with Crippen molar-refractivity contribution in [1.82, 2.24) is 0 Å². The summed E-state index contributed by atoms with van der Waals surface area (Å²) in [4.78, 5) is 21.6. The number of nitrogens with zero attached hydrogens (tertiary/aromatic N) is 1. The van der Waals surface area contributed by atoms with E-state index in [0.717, 1.165) is 6.42 Å². The second-order valence-electron chi connectivity index (χ2n) is 6.84. The van der Waals surface area contributed by atoms with Crippen LogP contribution in [0.15, 0.2) is 11.6 Å². The Kier molecular flexibility index (Phi) is 3.30. The zero-order valence-electron chi connectivity index (χ0n) is 11.6. The van der Waals surface area contributed by atoms with E-state index in [2.05, 4.69) is 6.08 Å². The predicted octanol–water partition coefficient (Wildman–Crippen LogP) is 2.88. The van der Waals surface area contributed by atoms with Gasteiger partial charge in [-0.2, -0.15) is 0 Å². The molecule has 5 nitrogen and oxygen atoms in total. The van der Waals surface area contributed by atoms with Crippen molar-refractivity contribution in [1.29, 1.82) is 0 Å². The molecule has 20 heavy (non-hydrogen) atoms. The molecule has 2 fully saturated rings. The van der Waals surface area contributed by atoms with Crippen molar-refractivity contribution in [2.45, 2.75) is 44.9 Å². The summed E-state index contributed by atoms with van der Waals surface area (Å²) in [5.41, 5.74) is 0.841. The molecule has 0 aliphatic heterocycles. The number of carbonyl (C=O) groups is 1. The molecule has 3 aliphatic rings. The van der Waals surface area contributed by atoms with Crippen molar-refractivity contribution >= 4 is 5.97 Å². The van der Waals surface area contributed by atoms with E-state index in [9.17, 15) is 14.9 Å². The summed E-state index contributed by atoms with van der Waals surface area (Å²) < 4.78 is 0. The van der Waals surface area contributed by atoms with E-state index in [0.29, 0.717) is 18.3 Å². The number of hydrogen-bond acceptors (Lipinski definition) is 3. The van der Waals surface area contributed by atoms with Crippen LogP contribution in [0.2, 0.25) is 0 Å². The van der Waals surface area contributed by atoms with Crippen molar-refractivity contribution in [3.8, 4) is 0 Å². The molecule has 3 atom stereocenters. The normalized spacial score (nSPS) is 36.3. The maximum atomic E-state index is 11.1. The number of nitro groups is 1. The first kappa shape index (κ1) is 13.6. The number of carboxylic acids is 1. The van der Waals surface area contributed by atoms with Gasteiger partial charge in [-0.25, -0.2) is 0 Å². The van der Waals surface area contributed by atoms with E-state index in [4.69, 9.17) is 5.11 Å². The van der Waals surface area contributed by atoms with Crippen LogP contribution in [-0.2, 0) is 4.79 Å². The Morgan fingerprint density at radius 3 is 2.75 bits per heavy atom. The zero-order valence-corrected chi connectivity index (χ0v) is 11.6. The highest BCUT2D eigenvalue weighted by Gasteiger charge is 2.59. The van der Waals surface area contributed by atoms with Crippen molar-refractivity contribution in [2.24, 2.45) is 23.2 Å². The lowest BCUT2D eigenvalue weighted by atomic mass is 9.53. The van der Waals surface area contributed by atoms with Crippen LogP contribution in [0.4, 0.5) is 0 Å². The van der Waals surface area contributed by atoms with Gasteiger partial charge in [-0.05, 0) is 43.4 Å². The highest BCUT2D eigenvalue weighted by Crippen LogP contribution is 2.61. The second kappa shape index (κ2) is 4.86. The molecule has 0 aromatic carbocycles. The Labute approximate surface area is 118 Å². The molecule has 0 aromatic heterocycles. The fourth-order valence-electron chi connectivity index (χ4n) is 4.81. The number of allylic oxidation sites excluding steroid dienone is 2. The molecule has 5 heteroatoms. The molecule has 2 saturated carbocycles. The minimum Gasteiger partial charge on any atom is -0.481 e. The summed E-state index contributed by atoms with van der Waals surface area (Å²) in [5, 5.41) is 20.0. The SMILES string of the molecule is O=C(O)C[C@]1(C[N+](=O)[O-])C[C@@H]2CC(C3CCCC3)=C[C@@H]21. The largest absolute Gasteiger partial charge is 0.481 e. The van der Waals surface area contributed by atoms with Gasteiger partial charge in [-0.3, -0.25) is 14.9 Å². The van der Waals surface area contributed by atoms with Gasteiger partial charge in [0.2, 0.25) is 6.54 Å². The Bertz CT molecular complexity index is 448. The van der Waals surface area contributed by atoms with Gasteiger partial charge in [0.25, 0.3) is 0 Å². The van der Waals surface area contributed by atoms with E-state index in [1.165, 1.54) is 31.3 Å². The Balaban J connectivity index is 1.77. The second-order valence-corrected chi connectivity index (χ2v) is 6.84. The van der Waals surface area contributed by atoms with Gasteiger partial charge < -0.3 is 5.11 Å². The average Bonchev–Trinajstić information content (AvgIpc) is 2.93. The van der Waals surface area contributed by atoms with Gasteiger partial charge >= 0.3 is 5.97 Å². The molecule has 0 amide bonds. The number of hydrogen-bond donors (Lipinski definition) is 1. The fourth-order valence-corrected chi connectivity index (χ4v) is 4.81. The smallest absolute Gasteiger partial charge is 0.304 e. The quantitative estimate of drug-likeness (QED) is 0.476. The summed E-state index contributed by atoms with van der Waals surface area (Å²) in [7, 11) is 0. The summed E-state index contributed by atoms with van der Waals surface area (Å²) in [6, 6.07) is 0. The highest BCUT2D eigenvalue weighted by molar-refractivity contribution is 5.68. The van der Waals surface area contributed by atoms with E-state index < -0.39 is 11.4 Å². The molecule has 1 N–H and O–H groups in total. The van der Waals surface area contributed by atoms with Gasteiger partial charge in [-0.1, -0.05) is 24.5 Å². The standard InChI is InChI=1S/C15H21NO4/c17-14(18)8-15(9-16(19)20)7-12-5-11(6-13(12)15)10-3-1-2-4-10/h6,10,12-13H,1-5,7-9H2,(H,17,18)/t12-,13-,15-/m0/s1. The van der Waals surface area contributed by atoms with Crippen LogP contribution < -0.4 is 0 Å². The van der Waals surface area contributed by atoms with E-state index in [1.807, 2.05) is 0 Å². The van der Waals surface area contributed by atoms with Gasteiger partial charge in [0.05, 0.1) is 11.8 Å². The molecule has 0 unspecified atom stereocenters. The Morgan fingerprint density at radius 2 is 2.15 bits per heavy atom. The molecule has 0 saturated heterocycles. The van der Waals surface area contributed by atoms with Gasteiger partial charge in [-0.15, -0.1) is 0 Å². The predicted molar refractivity (Wildman–Crippen MR) is 72.8 cm³/mol. The monoisotopic (exact) mass is 279 g/mol. The first-order valence-corrected chi connectivity index (χ1v) is 7.54. The maximum Gasteiger partial charge on any atom is 0.304 e. The zero-order chi connectivity index (χ0) is 14.3. The van der Waals surface area contributed by atoms with Crippen molar-refractivity contribution < 1.29 is 14.8 Å². The van der Waals surface area contributed by atoms with Crippen LogP contribution in [0, 0.1) is 33.3 Å². The molecule has 0 bridgehead atoms. The van der Waals surface area contributed by atoms with Crippen LogP contribution in [0.25, 0.3) is 0 Å². The Morgan fingerprint density at radius 1 is 1.45 bits per heavy atom. The summed E-state index contributed by atoms with van der Waals surface area (Å²) in [6.07, 6.45) is 8.96. The third kappa shape index (κ3) is 2.23. The van der Waals surface area contributed by atoms with Crippen molar-refractivity contribution in [3.05, 3.63) is 21.8 Å². The molecule has 0 spiro atoms. The van der Waals surface area contributed by atoms with Gasteiger partial charge in [0.15, 0.2) is 0 Å². The van der Waals surface area contributed by atoms with Gasteiger partial charge in [0, 0.05) is 4.92 Å². The van der Waals surface area contributed by atoms with E-state index in [1.54, 1.807) is 0 Å². The van der Waals surface area contributed by atoms with Gasteiger partial charge in [0.1, 0.15) is 0 Å². The number of rotatable bonds is 5. The molecular formula is C15H21NO4. The summed E-state index contributed by atoms with van der Waals surface area (Å²) in [5.74, 6) is 0.344. The number of aliphatic carboxylic acids is 1. The Hall–Kier alpha value is -1.39. The van der Waals surface area contributed by atoms with E-state index >= 15 is 0 Å². The summed E-state index contributed by atoms with van der Waals surface area (Å²) in [6.45, 7) is -0.199. The first-order valence-electron chi connectivity index (χ1n) is 7.54. The average molecular weight is 279 g/mol. The lowest BCUT2D eigenvalue weighted by Gasteiger charge is -2.48. The minimum atomic E-state index is -0.909. The topological polar surface area (TPSA) is 80.4 Å². The third-order valence-corrected chi connectivity index (χ3v) is 5.60. The fraction of sp³-hybridized carbons (Fsp3) is 0.800. The molecular weight excluding hydrogens is 258 g/mol. The van der Waals surface area contributed by atoms with Crippen LogP contribution in [0.3, 0.4) is 0 Å². The molecule has 110 valence electrons. The maximum absolute atomic E-state index is 11.1. The minimum absolute atomic E-state index is 0.0659. The van der Waals surface area contributed by atoms with Crippen molar-refractivity contribution in [2.75, 3.05) is 6.54 Å². The van der Waals surface area contributed by atoms with Crippen LogP contribution in [-0.4, -0.2) is 22.5 Å². The first-order chi connectivity index (χ1) is 9.50. The lowest BCUT2D eigenvalue weighted by molar-refractivity contribution is -0.505. The summed E-state index contributed by atoms with van der Waals surface area (Å²) >= 11 is 0. The molecule has 3 rings (SSSR count). The number of fused-ring (bicyclic) bond motifs is 1. The number of carboxylic acid groups (broad SMARTS) is 1. The third-order valence-electron chi connectivity index (χ3n) is 5.60. The van der Waals surface area contributed by atoms with Crippen molar-refractivity contribution in [3.63, 3.8) is 0 Å². The van der Waals surface area contributed by atoms with Crippen LogP contribution in [0.1, 0.15) is 44.9 Å². The molecule has 0 heterocycles. The molecule has 0 aromatic rings. The molecule has 0 radical (unpaired) electrons. The van der Waals surface area contributed by atoms with Crippen LogP contribution in [0.5, 0.6) is 0 Å².